The maximum absolute atomic E-state index is 12.8. The molecule has 0 unspecified atom stereocenters. The van der Waals surface area contributed by atoms with Crippen molar-refractivity contribution in [2.45, 2.75) is 26.7 Å². The van der Waals surface area contributed by atoms with Crippen molar-refractivity contribution in [1.82, 2.24) is 4.98 Å². The molecule has 0 aliphatic rings. The van der Waals surface area contributed by atoms with Crippen molar-refractivity contribution < 1.29 is 15.0 Å². The highest BCUT2D eigenvalue weighted by atomic mass is 35.5. The number of rotatable bonds is 5. The second-order valence-corrected chi connectivity index (χ2v) is 8.24. The zero-order chi connectivity index (χ0) is 22.8. The van der Waals surface area contributed by atoms with E-state index in [0.717, 1.165) is 33.2 Å². The fourth-order valence-electron chi connectivity index (χ4n) is 3.95. The molecule has 0 aliphatic heterocycles. The summed E-state index contributed by atoms with van der Waals surface area (Å²) in [6.45, 7) is 4.04. The highest BCUT2D eigenvalue weighted by molar-refractivity contribution is 6.34. The number of aromatic nitrogens is 1. The molecule has 32 heavy (non-hydrogen) atoms. The predicted octanol–water partition coefficient (Wildman–Crippen LogP) is 6.15. The van der Waals surface area contributed by atoms with Crippen molar-refractivity contribution in [2.24, 2.45) is 0 Å². The van der Waals surface area contributed by atoms with Gasteiger partial charge in [-0.2, -0.15) is 0 Å². The molecule has 162 valence electrons. The van der Waals surface area contributed by atoms with Crippen molar-refractivity contribution in [2.75, 3.05) is 5.32 Å². The van der Waals surface area contributed by atoms with Crippen molar-refractivity contribution >= 4 is 34.1 Å². The van der Waals surface area contributed by atoms with Gasteiger partial charge in [-0.1, -0.05) is 53.6 Å². The lowest BCUT2D eigenvalue weighted by Crippen LogP contribution is -2.13. The first-order valence-corrected chi connectivity index (χ1v) is 10.7. The Morgan fingerprint density at radius 3 is 2.62 bits per heavy atom. The Kier molecular flexibility index (Phi) is 6.01. The predicted molar refractivity (Wildman–Crippen MR) is 128 cm³/mol. The summed E-state index contributed by atoms with van der Waals surface area (Å²) in [6, 6.07) is 16.4. The summed E-state index contributed by atoms with van der Waals surface area (Å²) < 4.78 is 0. The number of benzene rings is 3. The Hall–Kier alpha value is -3.57. The van der Waals surface area contributed by atoms with Gasteiger partial charge in [-0.05, 0) is 49.6 Å². The molecule has 3 aromatic carbocycles. The third-order valence-electron chi connectivity index (χ3n) is 5.44. The summed E-state index contributed by atoms with van der Waals surface area (Å²) in [7, 11) is 0. The molecule has 0 saturated carbocycles. The quantitative estimate of drug-likeness (QED) is 0.321. The summed E-state index contributed by atoms with van der Waals surface area (Å²) >= 11 is 6.54. The third-order valence-corrected chi connectivity index (χ3v) is 5.77. The Balaban J connectivity index is 1.72. The first kappa shape index (κ1) is 21.7. The molecule has 4 aromatic rings. The lowest BCUT2D eigenvalue weighted by molar-refractivity contribution is -0.116. The molecule has 4 rings (SSSR count). The van der Waals surface area contributed by atoms with Gasteiger partial charge in [0.1, 0.15) is 0 Å². The Bertz CT molecular complexity index is 1330. The van der Waals surface area contributed by atoms with E-state index in [0.29, 0.717) is 16.3 Å². The smallest absolute Gasteiger partial charge is 0.224 e. The van der Waals surface area contributed by atoms with Gasteiger partial charge in [0, 0.05) is 28.0 Å². The molecule has 1 heterocycles. The highest BCUT2D eigenvalue weighted by Crippen LogP contribution is 2.39. The van der Waals surface area contributed by atoms with E-state index in [-0.39, 0.29) is 30.2 Å². The van der Waals surface area contributed by atoms with E-state index in [9.17, 15) is 15.0 Å². The number of phenols is 2. The van der Waals surface area contributed by atoms with Crippen molar-refractivity contribution in [3.05, 3.63) is 82.5 Å². The second kappa shape index (κ2) is 8.89. The summed E-state index contributed by atoms with van der Waals surface area (Å²) in [4.78, 5) is 17.4. The van der Waals surface area contributed by atoms with Crippen LogP contribution in [-0.4, -0.2) is 21.1 Å². The second-order valence-electron chi connectivity index (χ2n) is 7.84. The van der Waals surface area contributed by atoms with E-state index in [2.05, 4.69) is 22.4 Å². The number of pyridine rings is 1. The molecule has 5 nitrogen and oxygen atoms in total. The van der Waals surface area contributed by atoms with Crippen LogP contribution >= 0.6 is 11.6 Å². The van der Waals surface area contributed by atoms with Crippen LogP contribution in [0.4, 0.5) is 5.69 Å². The number of carbonyl (C=O) groups excluding carboxylic acids is 1. The molecule has 0 aliphatic carbocycles. The molecule has 0 atom stereocenters. The van der Waals surface area contributed by atoms with Crippen LogP contribution in [0.25, 0.3) is 22.0 Å². The zero-order valence-electron chi connectivity index (χ0n) is 17.8. The van der Waals surface area contributed by atoms with Crippen molar-refractivity contribution in [1.29, 1.82) is 0 Å². The molecule has 1 amide bonds. The number of amides is 1. The van der Waals surface area contributed by atoms with Crippen LogP contribution in [0, 0.1) is 13.8 Å². The maximum atomic E-state index is 12.8. The van der Waals surface area contributed by atoms with E-state index in [4.69, 9.17) is 11.6 Å². The van der Waals surface area contributed by atoms with Gasteiger partial charge in [0.15, 0.2) is 11.5 Å². The number of para-hydroxylation sites is 1. The SMILES string of the molecule is Cc1cc(C)c2ncc(NC(=O)CCc3cccc(O)c3O)c(-c3ccccc3Cl)c2c1. The van der Waals surface area contributed by atoms with Crippen LogP contribution in [0.5, 0.6) is 11.5 Å². The van der Waals surface area contributed by atoms with E-state index < -0.39 is 0 Å². The minimum absolute atomic E-state index is 0.129. The summed E-state index contributed by atoms with van der Waals surface area (Å²) in [5.41, 5.74) is 5.70. The van der Waals surface area contributed by atoms with E-state index in [1.54, 1.807) is 18.3 Å². The summed E-state index contributed by atoms with van der Waals surface area (Å²) in [6.07, 6.45) is 2.07. The molecule has 0 saturated heterocycles. The summed E-state index contributed by atoms with van der Waals surface area (Å²) in [5, 5.41) is 24.1. The van der Waals surface area contributed by atoms with Crippen LogP contribution in [0.15, 0.2) is 60.8 Å². The van der Waals surface area contributed by atoms with Crippen LogP contribution in [0.2, 0.25) is 5.02 Å². The standard InChI is InChI=1S/C26H23ClN2O3/c1-15-12-16(2)25-19(13-15)24(18-7-3-4-8-20(18)27)21(14-28-25)29-23(31)11-10-17-6-5-9-22(30)26(17)32/h3-9,12-14,30,32H,10-11H2,1-2H3,(H,29,31). The number of fused-ring (bicyclic) bond motifs is 1. The fraction of sp³-hybridized carbons (Fsp3) is 0.154. The summed E-state index contributed by atoms with van der Waals surface area (Å²) in [5.74, 6) is -0.629. The average Bonchev–Trinajstić information content (AvgIpc) is 2.75. The highest BCUT2D eigenvalue weighted by Gasteiger charge is 2.17. The number of nitrogens with zero attached hydrogens (tertiary/aromatic N) is 1. The van der Waals surface area contributed by atoms with Gasteiger partial charge in [-0.25, -0.2) is 0 Å². The number of aromatic hydroxyl groups is 2. The van der Waals surface area contributed by atoms with Crippen LogP contribution in [0.3, 0.4) is 0 Å². The molecular weight excluding hydrogens is 424 g/mol. The number of hydrogen-bond acceptors (Lipinski definition) is 4. The molecule has 1 aromatic heterocycles. The first-order valence-electron chi connectivity index (χ1n) is 10.3. The van der Waals surface area contributed by atoms with E-state index >= 15 is 0 Å². The number of hydrogen-bond donors (Lipinski definition) is 3. The van der Waals surface area contributed by atoms with Gasteiger partial charge in [0.2, 0.25) is 5.91 Å². The molecule has 0 fully saturated rings. The topological polar surface area (TPSA) is 82.5 Å². The first-order chi connectivity index (χ1) is 15.3. The molecule has 0 bridgehead atoms. The number of phenolic OH excluding ortho intramolecular Hbond substituents is 2. The number of nitrogens with one attached hydrogen (secondary N) is 1. The van der Waals surface area contributed by atoms with Gasteiger partial charge >= 0.3 is 0 Å². The van der Waals surface area contributed by atoms with Crippen molar-refractivity contribution in [3.63, 3.8) is 0 Å². The molecule has 0 radical (unpaired) electrons. The minimum Gasteiger partial charge on any atom is -0.504 e. The van der Waals surface area contributed by atoms with Gasteiger partial charge in [-0.3, -0.25) is 9.78 Å². The monoisotopic (exact) mass is 446 g/mol. The molecule has 0 spiro atoms. The van der Waals surface area contributed by atoms with Crippen LogP contribution < -0.4 is 5.32 Å². The largest absolute Gasteiger partial charge is 0.504 e. The van der Waals surface area contributed by atoms with Crippen LogP contribution in [-0.2, 0) is 11.2 Å². The Morgan fingerprint density at radius 2 is 1.84 bits per heavy atom. The number of aryl methyl sites for hydroxylation is 3. The number of carbonyl (C=O) groups is 1. The lowest BCUT2D eigenvalue weighted by Gasteiger charge is -2.17. The number of halogens is 1. The average molecular weight is 447 g/mol. The lowest BCUT2D eigenvalue weighted by atomic mass is 9.96. The molecule has 3 N–H and O–H groups in total. The number of anilines is 1. The van der Waals surface area contributed by atoms with E-state index in [1.807, 2.05) is 38.1 Å². The van der Waals surface area contributed by atoms with Gasteiger partial charge in [0.25, 0.3) is 0 Å². The zero-order valence-corrected chi connectivity index (χ0v) is 18.6. The van der Waals surface area contributed by atoms with Gasteiger partial charge in [0.05, 0.1) is 17.4 Å². The van der Waals surface area contributed by atoms with Gasteiger partial charge < -0.3 is 15.5 Å². The van der Waals surface area contributed by atoms with Gasteiger partial charge in [-0.15, -0.1) is 0 Å². The van der Waals surface area contributed by atoms with E-state index in [1.165, 1.54) is 6.07 Å². The minimum atomic E-state index is -0.230. The van der Waals surface area contributed by atoms with Crippen molar-refractivity contribution in [3.8, 4) is 22.6 Å². The normalized spacial score (nSPS) is 11.0. The van der Waals surface area contributed by atoms with Crippen LogP contribution in [0.1, 0.15) is 23.1 Å². The Morgan fingerprint density at radius 1 is 1.06 bits per heavy atom. The Labute approximate surface area is 191 Å². The molecular formula is C26H23ClN2O3. The maximum Gasteiger partial charge on any atom is 0.224 e. The molecule has 6 heteroatoms. The third kappa shape index (κ3) is 4.25. The fourth-order valence-corrected chi connectivity index (χ4v) is 4.18.